The first-order valence-corrected chi connectivity index (χ1v) is 6.83. The van der Waals surface area contributed by atoms with E-state index in [1.54, 1.807) is 11.8 Å². The molecule has 0 saturated carbocycles. The molecule has 0 bridgehead atoms. The van der Waals surface area contributed by atoms with Crippen LogP contribution in [0, 0.1) is 0 Å². The normalized spacial score (nSPS) is 10.5. The molecular weight excluding hydrogens is 274 g/mol. The van der Waals surface area contributed by atoms with Gasteiger partial charge in [0.05, 0.1) is 5.69 Å². The number of alkyl halides is 1. The van der Waals surface area contributed by atoms with Crippen molar-refractivity contribution in [1.29, 1.82) is 0 Å². The molecule has 0 aliphatic heterocycles. The SMILES string of the molecule is CSc1ccccc1-c1ocnc1CBr. The van der Waals surface area contributed by atoms with Crippen LogP contribution in [0.25, 0.3) is 11.3 Å². The predicted octanol–water partition coefficient (Wildman–Crippen LogP) is 3.96. The van der Waals surface area contributed by atoms with Crippen molar-refractivity contribution in [3.8, 4) is 11.3 Å². The quantitative estimate of drug-likeness (QED) is 0.630. The van der Waals surface area contributed by atoms with Gasteiger partial charge in [-0.1, -0.05) is 34.1 Å². The second-order valence-electron chi connectivity index (χ2n) is 2.96. The topological polar surface area (TPSA) is 26.0 Å². The number of oxazole rings is 1. The largest absolute Gasteiger partial charge is 0.443 e. The van der Waals surface area contributed by atoms with Gasteiger partial charge in [-0.05, 0) is 12.3 Å². The van der Waals surface area contributed by atoms with Crippen molar-refractivity contribution >= 4 is 27.7 Å². The van der Waals surface area contributed by atoms with Crippen molar-refractivity contribution in [1.82, 2.24) is 4.98 Å². The van der Waals surface area contributed by atoms with Gasteiger partial charge in [0.1, 0.15) is 0 Å². The van der Waals surface area contributed by atoms with E-state index in [1.165, 1.54) is 11.3 Å². The first-order valence-electron chi connectivity index (χ1n) is 4.48. The molecule has 0 spiro atoms. The van der Waals surface area contributed by atoms with Crippen LogP contribution in [0.15, 0.2) is 40.0 Å². The minimum atomic E-state index is 0.710. The third-order valence-corrected chi connectivity index (χ3v) is 3.45. The highest BCUT2D eigenvalue weighted by molar-refractivity contribution is 9.08. The summed E-state index contributed by atoms with van der Waals surface area (Å²) in [7, 11) is 0. The highest BCUT2D eigenvalue weighted by atomic mass is 79.9. The molecule has 2 aromatic rings. The van der Waals surface area contributed by atoms with Crippen LogP contribution < -0.4 is 0 Å². The smallest absolute Gasteiger partial charge is 0.181 e. The maximum absolute atomic E-state index is 5.43. The molecule has 2 rings (SSSR count). The van der Waals surface area contributed by atoms with E-state index >= 15 is 0 Å². The second-order valence-corrected chi connectivity index (χ2v) is 4.37. The summed E-state index contributed by atoms with van der Waals surface area (Å²) in [5.41, 5.74) is 2.05. The molecule has 0 N–H and O–H groups in total. The summed E-state index contributed by atoms with van der Waals surface area (Å²) in [5.74, 6) is 0.858. The fourth-order valence-corrected chi connectivity index (χ4v) is 2.41. The van der Waals surface area contributed by atoms with Gasteiger partial charge in [0.15, 0.2) is 12.2 Å². The summed E-state index contributed by atoms with van der Waals surface area (Å²) in [4.78, 5) is 5.37. The molecule has 0 aliphatic carbocycles. The maximum Gasteiger partial charge on any atom is 0.181 e. The van der Waals surface area contributed by atoms with Crippen LogP contribution >= 0.6 is 27.7 Å². The second kappa shape index (κ2) is 4.86. The van der Waals surface area contributed by atoms with Gasteiger partial charge in [-0.3, -0.25) is 0 Å². The third-order valence-electron chi connectivity index (χ3n) is 2.12. The number of rotatable bonds is 3. The monoisotopic (exact) mass is 283 g/mol. The lowest BCUT2D eigenvalue weighted by atomic mass is 10.1. The van der Waals surface area contributed by atoms with Crippen molar-refractivity contribution in [2.45, 2.75) is 10.2 Å². The van der Waals surface area contributed by atoms with E-state index in [-0.39, 0.29) is 0 Å². The zero-order valence-electron chi connectivity index (χ0n) is 8.24. The van der Waals surface area contributed by atoms with E-state index in [2.05, 4.69) is 39.3 Å². The Morgan fingerprint density at radius 1 is 1.40 bits per heavy atom. The Labute approximate surface area is 101 Å². The van der Waals surface area contributed by atoms with Crippen molar-refractivity contribution in [3.05, 3.63) is 36.4 Å². The number of aromatic nitrogens is 1. The number of thioether (sulfide) groups is 1. The Hall–Kier alpha value is -0.740. The first kappa shape index (κ1) is 10.8. The van der Waals surface area contributed by atoms with E-state index < -0.39 is 0 Å². The number of hydrogen-bond acceptors (Lipinski definition) is 3. The Balaban J connectivity index is 2.53. The first-order chi connectivity index (χ1) is 7.36. The highest BCUT2D eigenvalue weighted by Gasteiger charge is 2.12. The van der Waals surface area contributed by atoms with E-state index in [9.17, 15) is 0 Å². The minimum Gasteiger partial charge on any atom is -0.443 e. The minimum absolute atomic E-state index is 0.710. The molecule has 15 heavy (non-hydrogen) atoms. The van der Waals surface area contributed by atoms with E-state index in [1.807, 2.05) is 12.1 Å². The molecule has 1 heterocycles. The lowest BCUT2D eigenvalue weighted by Crippen LogP contribution is -1.84. The number of hydrogen-bond donors (Lipinski definition) is 0. The van der Waals surface area contributed by atoms with Crippen LogP contribution in [0.4, 0.5) is 0 Å². The van der Waals surface area contributed by atoms with Crippen LogP contribution in [0.3, 0.4) is 0 Å². The predicted molar refractivity (Wildman–Crippen MR) is 66.4 cm³/mol. The van der Waals surface area contributed by atoms with Gasteiger partial charge >= 0.3 is 0 Å². The lowest BCUT2D eigenvalue weighted by Gasteiger charge is -2.04. The summed E-state index contributed by atoms with van der Waals surface area (Å²) < 4.78 is 5.43. The molecule has 0 atom stereocenters. The van der Waals surface area contributed by atoms with Gasteiger partial charge in [0.2, 0.25) is 0 Å². The Morgan fingerprint density at radius 2 is 2.20 bits per heavy atom. The van der Waals surface area contributed by atoms with Gasteiger partial charge in [-0.25, -0.2) is 4.98 Å². The summed E-state index contributed by atoms with van der Waals surface area (Å²) >= 11 is 5.11. The number of benzene rings is 1. The zero-order chi connectivity index (χ0) is 10.7. The molecule has 78 valence electrons. The molecule has 0 saturated heterocycles. The number of halogens is 1. The van der Waals surface area contributed by atoms with Crippen molar-refractivity contribution < 1.29 is 4.42 Å². The van der Waals surface area contributed by atoms with Gasteiger partial charge in [0.25, 0.3) is 0 Å². The standard InChI is InChI=1S/C11H10BrNOS/c1-15-10-5-3-2-4-8(10)11-9(6-12)13-7-14-11/h2-5,7H,6H2,1H3. The summed E-state index contributed by atoms with van der Waals surface area (Å²) in [6.45, 7) is 0. The van der Waals surface area contributed by atoms with Crippen LogP contribution in [0.5, 0.6) is 0 Å². The van der Waals surface area contributed by atoms with Crippen molar-refractivity contribution in [2.24, 2.45) is 0 Å². The molecule has 0 aliphatic rings. The average Bonchev–Trinajstić information content (AvgIpc) is 2.76. The van der Waals surface area contributed by atoms with Crippen molar-refractivity contribution in [3.63, 3.8) is 0 Å². The zero-order valence-corrected chi connectivity index (χ0v) is 10.6. The molecule has 4 heteroatoms. The van der Waals surface area contributed by atoms with Crippen molar-refractivity contribution in [2.75, 3.05) is 6.26 Å². The molecule has 0 amide bonds. The fourth-order valence-electron chi connectivity index (χ4n) is 1.42. The summed E-state index contributed by atoms with van der Waals surface area (Å²) in [6, 6.07) is 8.17. The molecular formula is C11H10BrNOS. The van der Waals surface area contributed by atoms with Gasteiger partial charge in [0, 0.05) is 15.8 Å². The molecule has 1 aromatic carbocycles. The molecule has 0 radical (unpaired) electrons. The molecule has 2 nitrogen and oxygen atoms in total. The van der Waals surface area contributed by atoms with E-state index in [0.29, 0.717) is 5.33 Å². The van der Waals surface area contributed by atoms with Gasteiger partial charge in [-0.15, -0.1) is 11.8 Å². The van der Waals surface area contributed by atoms with Crippen LogP contribution in [-0.2, 0) is 5.33 Å². The molecule has 1 aromatic heterocycles. The molecule has 0 fully saturated rings. The highest BCUT2D eigenvalue weighted by Crippen LogP contribution is 2.32. The van der Waals surface area contributed by atoms with Crippen LogP contribution in [0.2, 0.25) is 0 Å². The van der Waals surface area contributed by atoms with E-state index in [4.69, 9.17) is 4.42 Å². The Morgan fingerprint density at radius 3 is 2.93 bits per heavy atom. The Kier molecular flexibility index (Phi) is 3.49. The summed E-state index contributed by atoms with van der Waals surface area (Å²) in [6.07, 6.45) is 3.55. The van der Waals surface area contributed by atoms with E-state index in [0.717, 1.165) is 17.0 Å². The van der Waals surface area contributed by atoms with Crippen LogP contribution in [0.1, 0.15) is 5.69 Å². The maximum atomic E-state index is 5.43. The molecule has 0 unspecified atom stereocenters. The average molecular weight is 284 g/mol. The number of nitrogens with zero attached hydrogens (tertiary/aromatic N) is 1. The lowest BCUT2D eigenvalue weighted by molar-refractivity contribution is 0.570. The third kappa shape index (κ3) is 2.11. The van der Waals surface area contributed by atoms with Gasteiger partial charge in [-0.2, -0.15) is 0 Å². The Bertz CT molecular complexity index is 455. The fraction of sp³-hybridized carbons (Fsp3) is 0.182. The van der Waals surface area contributed by atoms with Gasteiger partial charge < -0.3 is 4.42 Å². The summed E-state index contributed by atoms with van der Waals surface area (Å²) in [5, 5.41) is 0.710. The van der Waals surface area contributed by atoms with Crippen LogP contribution in [-0.4, -0.2) is 11.2 Å².